The highest BCUT2D eigenvalue weighted by Crippen LogP contribution is 2.43. The van der Waals surface area contributed by atoms with Crippen LogP contribution in [0.15, 0.2) is 24.3 Å². The second-order valence-electron chi connectivity index (χ2n) is 8.50. The van der Waals surface area contributed by atoms with Crippen molar-refractivity contribution in [3.05, 3.63) is 29.8 Å². The molecule has 0 aromatic heterocycles. The molecule has 2 N–H and O–H groups in total. The Morgan fingerprint density at radius 2 is 1.73 bits per heavy atom. The molecule has 26 heavy (non-hydrogen) atoms. The van der Waals surface area contributed by atoms with E-state index in [1.807, 2.05) is 0 Å². The molecule has 3 heterocycles. The predicted molar refractivity (Wildman–Crippen MR) is 102 cm³/mol. The van der Waals surface area contributed by atoms with E-state index < -0.39 is 0 Å². The van der Waals surface area contributed by atoms with Gasteiger partial charge in [0.1, 0.15) is 11.8 Å². The van der Waals surface area contributed by atoms with E-state index in [1.165, 1.54) is 5.56 Å². The molecular formula is C21H31N3O2. The predicted octanol–water partition coefficient (Wildman–Crippen LogP) is 2.82. The molecule has 3 aliphatic heterocycles. The molecule has 3 fully saturated rings. The number of hydrazine groups is 1. The van der Waals surface area contributed by atoms with Crippen LogP contribution in [0.3, 0.4) is 0 Å². The largest absolute Gasteiger partial charge is 0.497 e. The smallest absolute Gasteiger partial charge is 0.241 e. The van der Waals surface area contributed by atoms with Gasteiger partial charge in [0.15, 0.2) is 0 Å². The maximum absolute atomic E-state index is 13.2. The van der Waals surface area contributed by atoms with Gasteiger partial charge in [-0.05, 0) is 61.6 Å². The minimum Gasteiger partial charge on any atom is -0.497 e. The van der Waals surface area contributed by atoms with Crippen LogP contribution in [0.1, 0.15) is 57.4 Å². The van der Waals surface area contributed by atoms with E-state index in [9.17, 15) is 4.79 Å². The zero-order chi connectivity index (χ0) is 18.3. The van der Waals surface area contributed by atoms with Gasteiger partial charge in [0.25, 0.3) is 0 Å². The summed E-state index contributed by atoms with van der Waals surface area (Å²) in [6.45, 7) is 4.41. The topological polar surface area (TPSA) is 53.6 Å². The van der Waals surface area contributed by atoms with Gasteiger partial charge in [0.2, 0.25) is 5.91 Å². The highest BCUT2D eigenvalue weighted by atomic mass is 16.5. The summed E-state index contributed by atoms with van der Waals surface area (Å²) in [5.41, 5.74) is 7.95. The van der Waals surface area contributed by atoms with E-state index in [1.54, 1.807) is 7.11 Å². The number of hydrogen-bond donors (Lipinski definition) is 2. The van der Waals surface area contributed by atoms with Gasteiger partial charge >= 0.3 is 0 Å². The van der Waals surface area contributed by atoms with E-state index in [-0.39, 0.29) is 6.04 Å². The molecule has 142 valence electrons. The molecule has 0 aliphatic carbocycles. The Morgan fingerprint density at radius 1 is 1.08 bits per heavy atom. The van der Waals surface area contributed by atoms with Gasteiger partial charge in [-0.25, -0.2) is 5.43 Å². The Hall–Kier alpha value is -1.59. The Labute approximate surface area is 156 Å². The van der Waals surface area contributed by atoms with Crippen molar-refractivity contribution in [3.8, 4) is 5.75 Å². The Morgan fingerprint density at radius 3 is 2.27 bits per heavy atom. The van der Waals surface area contributed by atoms with Gasteiger partial charge in [-0.15, -0.1) is 0 Å². The zero-order valence-corrected chi connectivity index (χ0v) is 16.1. The summed E-state index contributed by atoms with van der Waals surface area (Å²) in [6.07, 6.45) is 5.37. The van der Waals surface area contributed by atoms with E-state index in [0.29, 0.717) is 35.9 Å². The van der Waals surface area contributed by atoms with Gasteiger partial charge in [0.05, 0.1) is 7.11 Å². The fraction of sp³-hybridized carbons (Fsp3) is 0.667. The minimum absolute atomic E-state index is 0.0666. The molecular weight excluding hydrogens is 326 g/mol. The van der Waals surface area contributed by atoms with Crippen molar-refractivity contribution in [2.75, 3.05) is 7.11 Å². The van der Waals surface area contributed by atoms with Crippen molar-refractivity contribution in [1.82, 2.24) is 15.8 Å². The molecule has 5 nitrogen and oxygen atoms in total. The number of piperidine rings is 1. The summed E-state index contributed by atoms with van der Waals surface area (Å²) >= 11 is 0. The van der Waals surface area contributed by atoms with E-state index in [0.717, 1.165) is 37.9 Å². The molecule has 5 heteroatoms. The molecule has 5 atom stereocenters. The second-order valence-corrected chi connectivity index (χ2v) is 8.50. The lowest BCUT2D eigenvalue weighted by Crippen LogP contribution is -2.53. The summed E-state index contributed by atoms with van der Waals surface area (Å²) in [6, 6.07) is 9.60. The van der Waals surface area contributed by atoms with E-state index in [4.69, 9.17) is 4.74 Å². The van der Waals surface area contributed by atoms with Crippen molar-refractivity contribution in [3.63, 3.8) is 0 Å². The number of nitrogens with one attached hydrogen (secondary N) is 2. The molecule has 4 rings (SSSR count). The molecule has 1 aromatic carbocycles. The number of hydrogen-bond acceptors (Lipinski definition) is 4. The fourth-order valence-corrected chi connectivity index (χ4v) is 5.05. The molecule has 0 spiro atoms. The molecule has 3 saturated heterocycles. The minimum atomic E-state index is -0.0666. The highest BCUT2D eigenvalue weighted by Gasteiger charge is 2.46. The van der Waals surface area contributed by atoms with Gasteiger partial charge in [0, 0.05) is 18.1 Å². The average molecular weight is 357 g/mol. The first-order valence-corrected chi connectivity index (χ1v) is 10.0. The third kappa shape index (κ3) is 3.23. The third-order valence-corrected chi connectivity index (χ3v) is 6.61. The van der Waals surface area contributed by atoms with Crippen molar-refractivity contribution in [1.29, 1.82) is 0 Å². The van der Waals surface area contributed by atoms with E-state index >= 15 is 0 Å². The van der Waals surface area contributed by atoms with Crippen LogP contribution in [0.5, 0.6) is 5.75 Å². The summed E-state index contributed by atoms with van der Waals surface area (Å²) in [5.74, 6) is 2.31. The first kappa shape index (κ1) is 17.8. The Balaban J connectivity index is 1.43. The number of carbonyl (C=O) groups is 1. The standard InChI is InChI=1S/C21H31N3O2/c1-13(2)19-12-20(23-22-19)21(25)24-16-6-7-17(24)11-15(10-16)14-4-8-18(26-3)9-5-14/h4-5,8-9,13,15-17,19-20,22-23H,6-7,10-12H2,1-3H3/t15?,16-,17+,19?,20?. The number of rotatable bonds is 4. The number of methoxy groups -OCH3 is 1. The average Bonchev–Trinajstić information content (AvgIpc) is 3.24. The number of carbonyl (C=O) groups excluding carboxylic acids is 1. The molecule has 3 unspecified atom stereocenters. The molecule has 3 aliphatic rings. The number of benzene rings is 1. The van der Waals surface area contributed by atoms with Crippen molar-refractivity contribution in [2.45, 2.75) is 76.0 Å². The van der Waals surface area contributed by atoms with Crippen LogP contribution >= 0.6 is 0 Å². The number of fused-ring (bicyclic) bond motifs is 2. The van der Waals surface area contributed by atoms with Gasteiger partial charge in [-0.1, -0.05) is 26.0 Å². The monoisotopic (exact) mass is 357 g/mol. The van der Waals surface area contributed by atoms with Gasteiger partial charge in [-0.2, -0.15) is 0 Å². The quantitative estimate of drug-likeness (QED) is 0.870. The first-order valence-electron chi connectivity index (χ1n) is 10.0. The van der Waals surface area contributed by atoms with Crippen molar-refractivity contribution in [2.24, 2.45) is 5.92 Å². The van der Waals surface area contributed by atoms with Crippen LogP contribution in [0, 0.1) is 5.92 Å². The van der Waals surface area contributed by atoms with Crippen LogP contribution in [-0.4, -0.2) is 42.1 Å². The van der Waals surface area contributed by atoms with Crippen LogP contribution in [0.25, 0.3) is 0 Å². The molecule has 1 aromatic rings. The summed E-state index contributed by atoms with van der Waals surface area (Å²) in [7, 11) is 1.70. The fourth-order valence-electron chi connectivity index (χ4n) is 5.05. The number of ether oxygens (including phenoxy) is 1. The highest BCUT2D eigenvalue weighted by molar-refractivity contribution is 5.83. The summed E-state index contributed by atoms with van der Waals surface area (Å²) in [5, 5.41) is 0. The summed E-state index contributed by atoms with van der Waals surface area (Å²) in [4.78, 5) is 15.4. The zero-order valence-electron chi connectivity index (χ0n) is 16.1. The first-order chi connectivity index (χ1) is 12.6. The molecule has 1 amide bonds. The van der Waals surface area contributed by atoms with Gasteiger partial charge < -0.3 is 9.64 Å². The van der Waals surface area contributed by atoms with Crippen molar-refractivity contribution < 1.29 is 9.53 Å². The maximum atomic E-state index is 13.2. The lowest BCUT2D eigenvalue weighted by atomic mass is 9.84. The second kappa shape index (κ2) is 7.20. The van der Waals surface area contributed by atoms with Crippen LogP contribution in [0.4, 0.5) is 0 Å². The van der Waals surface area contributed by atoms with Crippen molar-refractivity contribution >= 4 is 5.91 Å². The maximum Gasteiger partial charge on any atom is 0.241 e. The lowest BCUT2D eigenvalue weighted by Gasteiger charge is -2.40. The van der Waals surface area contributed by atoms with E-state index in [2.05, 4.69) is 53.9 Å². The Kier molecular flexibility index (Phi) is 4.93. The lowest BCUT2D eigenvalue weighted by molar-refractivity contribution is -0.137. The molecule has 2 bridgehead atoms. The number of amides is 1. The van der Waals surface area contributed by atoms with Crippen LogP contribution in [0.2, 0.25) is 0 Å². The van der Waals surface area contributed by atoms with Crippen LogP contribution in [-0.2, 0) is 4.79 Å². The normalized spacial score (nSPS) is 33.7. The van der Waals surface area contributed by atoms with Gasteiger partial charge in [-0.3, -0.25) is 10.2 Å². The Bertz CT molecular complexity index is 631. The molecule has 0 saturated carbocycles. The van der Waals surface area contributed by atoms with Crippen LogP contribution < -0.4 is 15.6 Å². The summed E-state index contributed by atoms with van der Waals surface area (Å²) < 4.78 is 5.28. The SMILES string of the molecule is COc1ccc(C2C[C@H]3CC[C@@H](C2)N3C(=O)C2CC(C(C)C)NN2)cc1. The number of nitrogens with zero attached hydrogens (tertiary/aromatic N) is 1. The third-order valence-electron chi connectivity index (χ3n) is 6.61. The molecule has 0 radical (unpaired) electrons.